The van der Waals surface area contributed by atoms with Gasteiger partial charge < -0.3 is 4.90 Å². The summed E-state index contributed by atoms with van der Waals surface area (Å²) in [5, 5.41) is 6.36. The zero-order valence-electron chi connectivity index (χ0n) is 16.7. The van der Waals surface area contributed by atoms with Gasteiger partial charge in [-0.05, 0) is 45.3 Å². The number of alkyl halides is 3. The van der Waals surface area contributed by atoms with Crippen molar-refractivity contribution in [2.24, 2.45) is 0 Å². The quantitative estimate of drug-likeness (QED) is 0.379. The van der Waals surface area contributed by atoms with Crippen molar-refractivity contribution < 1.29 is 22.4 Å². The minimum atomic E-state index is -4.68. The Bertz CT molecular complexity index is 1390. The van der Waals surface area contributed by atoms with Crippen LogP contribution in [-0.2, 0) is 6.18 Å². The van der Waals surface area contributed by atoms with Gasteiger partial charge in [0.25, 0.3) is 5.91 Å². The van der Waals surface area contributed by atoms with Crippen molar-refractivity contribution in [1.82, 2.24) is 24.5 Å². The highest BCUT2D eigenvalue weighted by Crippen LogP contribution is 2.37. The molecule has 0 bridgehead atoms. The van der Waals surface area contributed by atoms with Gasteiger partial charge in [0.2, 0.25) is 0 Å². The van der Waals surface area contributed by atoms with Gasteiger partial charge in [-0.25, -0.2) is 9.37 Å². The third kappa shape index (κ3) is 3.82. The molecule has 0 saturated heterocycles. The topological polar surface area (TPSA) is 66.3 Å². The molecule has 4 heterocycles. The monoisotopic (exact) mass is 519 g/mol. The van der Waals surface area contributed by atoms with Crippen LogP contribution >= 0.6 is 15.9 Å². The lowest BCUT2D eigenvalue weighted by molar-refractivity contribution is -0.136. The predicted octanol–water partition coefficient (Wildman–Crippen LogP) is 5.18. The molecule has 0 fully saturated rings. The number of carbonyl (C=O) groups is 1. The molecule has 1 N–H and O–H groups in total. The number of imidazole rings is 1. The number of hydrogen-bond donors (Lipinski definition) is 1. The lowest BCUT2D eigenvalue weighted by atomic mass is 10.1. The van der Waals surface area contributed by atoms with Crippen molar-refractivity contribution in [3.63, 3.8) is 0 Å². The van der Waals surface area contributed by atoms with Gasteiger partial charge in [-0.15, -0.1) is 0 Å². The van der Waals surface area contributed by atoms with Crippen LogP contribution in [0.15, 0.2) is 59.6 Å². The third-order valence-corrected chi connectivity index (χ3v) is 6.18. The number of H-pyrrole nitrogens is 1. The normalized spacial score (nSPS) is 14.2. The molecular weight excluding hydrogens is 506 g/mol. The van der Waals surface area contributed by atoms with Crippen LogP contribution in [0.4, 0.5) is 17.6 Å². The Balaban J connectivity index is 1.52. The second kappa shape index (κ2) is 7.84. The van der Waals surface area contributed by atoms with E-state index in [-0.39, 0.29) is 40.4 Å². The van der Waals surface area contributed by atoms with E-state index in [9.17, 15) is 22.4 Å². The minimum absolute atomic E-state index is 0.119. The average Bonchev–Trinajstić information content (AvgIpc) is 3.53. The number of nitrogens with one attached hydrogen (secondary N) is 1. The van der Waals surface area contributed by atoms with Crippen molar-refractivity contribution in [2.45, 2.75) is 6.18 Å². The highest BCUT2D eigenvalue weighted by molar-refractivity contribution is 9.10. The van der Waals surface area contributed by atoms with Crippen molar-refractivity contribution in [1.29, 1.82) is 0 Å². The Morgan fingerprint density at radius 1 is 1.12 bits per heavy atom. The van der Waals surface area contributed by atoms with Crippen LogP contribution in [0.5, 0.6) is 0 Å². The molecule has 6 nitrogen and oxygen atoms in total. The summed E-state index contributed by atoms with van der Waals surface area (Å²) in [6, 6.07) is 6.87. The molecule has 0 atom stereocenters. The van der Waals surface area contributed by atoms with Crippen molar-refractivity contribution in [3.05, 3.63) is 82.2 Å². The van der Waals surface area contributed by atoms with E-state index in [0.29, 0.717) is 5.56 Å². The Labute approximate surface area is 192 Å². The lowest BCUT2D eigenvalue weighted by Gasteiger charge is -2.15. The van der Waals surface area contributed by atoms with E-state index in [1.165, 1.54) is 40.0 Å². The fourth-order valence-electron chi connectivity index (χ4n) is 3.76. The van der Waals surface area contributed by atoms with E-state index in [2.05, 4.69) is 31.1 Å². The summed E-state index contributed by atoms with van der Waals surface area (Å²) in [4.78, 5) is 18.7. The molecule has 3 aromatic heterocycles. The van der Waals surface area contributed by atoms with Gasteiger partial charge in [-0.2, -0.15) is 18.3 Å². The maximum Gasteiger partial charge on any atom is 0.420 e. The Kier molecular flexibility index (Phi) is 5.08. The molecule has 0 saturated carbocycles. The number of benzene rings is 1. The molecular formula is C22H14BrF4N5O. The molecule has 11 heteroatoms. The number of hydrogen-bond acceptors (Lipinski definition) is 3. The fourth-order valence-corrected chi connectivity index (χ4v) is 4.29. The zero-order valence-corrected chi connectivity index (χ0v) is 18.3. The summed E-state index contributed by atoms with van der Waals surface area (Å²) in [6.45, 7) is 0.495. The molecule has 33 heavy (non-hydrogen) atoms. The second-order valence-corrected chi connectivity index (χ2v) is 8.25. The van der Waals surface area contributed by atoms with Crippen LogP contribution in [0.2, 0.25) is 0 Å². The van der Waals surface area contributed by atoms with Crippen molar-refractivity contribution in [3.8, 4) is 11.1 Å². The molecule has 1 amide bonds. The number of amides is 1. The number of aromatic nitrogens is 4. The van der Waals surface area contributed by atoms with E-state index in [1.54, 1.807) is 12.1 Å². The van der Waals surface area contributed by atoms with Gasteiger partial charge in [0, 0.05) is 36.6 Å². The molecule has 5 rings (SSSR count). The van der Waals surface area contributed by atoms with E-state index in [4.69, 9.17) is 0 Å². The molecule has 0 aliphatic carbocycles. The number of rotatable bonds is 3. The molecule has 0 spiro atoms. The maximum absolute atomic E-state index is 13.8. The van der Waals surface area contributed by atoms with E-state index in [1.807, 2.05) is 6.08 Å². The van der Waals surface area contributed by atoms with Crippen molar-refractivity contribution in [2.75, 3.05) is 13.1 Å². The van der Waals surface area contributed by atoms with Crippen LogP contribution in [0, 0.1) is 5.82 Å². The standard InChI is InChI=1S/C22H14BrF4N5O/c23-19-18(21(33)31-6-5-13(10-31)12-1-3-16(24)4-2-12)30-20-17(22(25,26)27)7-14(11-32(19)20)15-8-28-29-9-15/h1-5,7-9,11H,6,10H2,(H,28,29). The number of fused-ring (bicyclic) bond motifs is 1. The third-order valence-electron chi connectivity index (χ3n) is 5.42. The molecule has 1 aromatic carbocycles. The van der Waals surface area contributed by atoms with Gasteiger partial charge in [-0.1, -0.05) is 18.2 Å². The smallest absolute Gasteiger partial charge is 0.329 e. The maximum atomic E-state index is 13.8. The summed E-state index contributed by atoms with van der Waals surface area (Å²) >= 11 is 3.27. The van der Waals surface area contributed by atoms with Gasteiger partial charge >= 0.3 is 6.18 Å². The highest BCUT2D eigenvalue weighted by Gasteiger charge is 2.36. The number of pyridine rings is 1. The SMILES string of the molecule is O=C(c1nc2c(C(F)(F)F)cc(-c3cn[nH]c3)cn2c1Br)N1CC=C(c2ccc(F)cc2)C1. The largest absolute Gasteiger partial charge is 0.420 e. The van der Waals surface area contributed by atoms with Crippen molar-refractivity contribution >= 4 is 33.1 Å². The molecule has 0 radical (unpaired) electrons. The van der Waals surface area contributed by atoms with Crippen LogP contribution < -0.4 is 0 Å². The first-order valence-electron chi connectivity index (χ1n) is 9.74. The molecule has 168 valence electrons. The van der Waals surface area contributed by atoms with Gasteiger partial charge in [0.1, 0.15) is 10.4 Å². The fraction of sp³-hybridized carbons (Fsp3) is 0.136. The number of nitrogens with zero attached hydrogens (tertiary/aromatic N) is 4. The van der Waals surface area contributed by atoms with E-state index >= 15 is 0 Å². The Morgan fingerprint density at radius 3 is 2.55 bits per heavy atom. The minimum Gasteiger partial charge on any atom is -0.329 e. The zero-order chi connectivity index (χ0) is 23.3. The Hall–Kier alpha value is -3.47. The summed E-state index contributed by atoms with van der Waals surface area (Å²) in [7, 11) is 0. The van der Waals surface area contributed by atoms with E-state index in [0.717, 1.165) is 17.2 Å². The van der Waals surface area contributed by atoms with Gasteiger partial charge in [0.05, 0.1) is 11.8 Å². The van der Waals surface area contributed by atoms with Gasteiger partial charge in [0.15, 0.2) is 11.3 Å². The summed E-state index contributed by atoms with van der Waals surface area (Å²) in [5.41, 5.74) is 0.846. The van der Waals surface area contributed by atoms with Gasteiger partial charge in [-0.3, -0.25) is 14.3 Å². The first-order valence-corrected chi connectivity index (χ1v) is 10.5. The first-order chi connectivity index (χ1) is 15.7. The summed E-state index contributed by atoms with van der Waals surface area (Å²) < 4.78 is 56.0. The first kappa shape index (κ1) is 21.4. The molecule has 1 aliphatic heterocycles. The van der Waals surface area contributed by atoms with Crippen LogP contribution in [0.3, 0.4) is 0 Å². The summed E-state index contributed by atoms with van der Waals surface area (Å²) in [6.07, 6.45) is 1.50. The van der Waals surface area contributed by atoms with Crippen LogP contribution in [-0.4, -0.2) is 43.5 Å². The average molecular weight is 520 g/mol. The summed E-state index contributed by atoms with van der Waals surface area (Å²) in [5.74, 6) is -0.883. The number of halogens is 5. The van der Waals surface area contributed by atoms with Crippen LogP contribution in [0.25, 0.3) is 22.3 Å². The number of aromatic amines is 1. The second-order valence-electron chi connectivity index (χ2n) is 7.49. The highest BCUT2D eigenvalue weighted by atomic mass is 79.9. The van der Waals surface area contributed by atoms with E-state index < -0.39 is 17.6 Å². The predicted molar refractivity (Wildman–Crippen MR) is 116 cm³/mol. The Morgan fingerprint density at radius 2 is 1.88 bits per heavy atom. The molecule has 1 aliphatic rings. The number of carbonyl (C=O) groups excluding carboxylic acids is 1. The lowest BCUT2D eigenvalue weighted by Crippen LogP contribution is -2.29. The molecule has 0 unspecified atom stereocenters. The molecule has 4 aromatic rings. The van der Waals surface area contributed by atoms with Crippen LogP contribution in [0.1, 0.15) is 21.6 Å².